The average molecular weight is 548 g/mol. The summed E-state index contributed by atoms with van der Waals surface area (Å²) in [5.41, 5.74) is 6.71. The van der Waals surface area contributed by atoms with Crippen LogP contribution in [0, 0.1) is 6.92 Å². The highest BCUT2D eigenvalue weighted by molar-refractivity contribution is 5.90. The zero-order chi connectivity index (χ0) is 28.5. The third-order valence-electron chi connectivity index (χ3n) is 7.56. The second-order valence-corrected chi connectivity index (χ2v) is 10.1. The van der Waals surface area contributed by atoms with Gasteiger partial charge in [-0.05, 0) is 55.3 Å². The fourth-order valence-electron chi connectivity index (χ4n) is 5.65. The number of aryl methyl sites for hydroxylation is 2. The first-order valence-corrected chi connectivity index (χ1v) is 13.7. The highest BCUT2D eigenvalue weighted by atomic mass is 16.5. The SMILES string of the molecule is CCc1nn(-c2ccccc2)c2c1CN(C(=O)Nc1ccc(OC)c(OC)c1)[C@H](c1cccc(C)c1)c1cccn1-2. The Kier molecular flexibility index (Phi) is 6.97. The van der Waals surface area contributed by atoms with Crippen molar-refractivity contribution in [3.05, 3.63) is 119 Å². The molecule has 0 fully saturated rings. The molecule has 41 heavy (non-hydrogen) atoms. The Labute approximate surface area is 239 Å². The maximum Gasteiger partial charge on any atom is 0.322 e. The first kappa shape index (κ1) is 26.3. The van der Waals surface area contributed by atoms with E-state index in [1.165, 1.54) is 0 Å². The van der Waals surface area contributed by atoms with Gasteiger partial charge < -0.3 is 24.3 Å². The largest absolute Gasteiger partial charge is 0.493 e. The van der Waals surface area contributed by atoms with E-state index in [1.54, 1.807) is 26.4 Å². The molecule has 3 heterocycles. The summed E-state index contributed by atoms with van der Waals surface area (Å²) in [5.74, 6) is 2.10. The molecule has 0 saturated heterocycles. The molecule has 1 aliphatic rings. The maximum absolute atomic E-state index is 14.3. The number of carbonyl (C=O) groups is 1. The van der Waals surface area contributed by atoms with E-state index in [0.717, 1.165) is 46.0 Å². The van der Waals surface area contributed by atoms with Crippen molar-refractivity contribution in [2.24, 2.45) is 0 Å². The number of urea groups is 1. The molecular formula is C33H33N5O3. The number of fused-ring (bicyclic) bond motifs is 3. The lowest BCUT2D eigenvalue weighted by molar-refractivity contribution is 0.194. The minimum atomic E-state index is -0.341. The quantitative estimate of drug-likeness (QED) is 0.257. The summed E-state index contributed by atoms with van der Waals surface area (Å²) in [6, 6.07) is 27.4. The third kappa shape index (κ3) is 4.71. The molecule has 5 aromatic rings. The fraction of sp³-hybridized carbons (Fsp3) is 0.212. The van der Waals surface area contributed by atoms with Gasteiger partial charge in [0.05, 0.1) is 43.9 Å². The first-order valence-electron chi connectivity index (χ1n) is 13.7. The summed E-state index contributed by atoms with van der Waals surface area (Å²) >= 11 is 0. The number of nitrogens with zero attached hydrogens (tertiary/aromatic N) is 4. The summed E-state index contributed by atoms with van der Waals surface area (Å²) < 4.78 is 15.1. The molecule has 0 saturated carbocycles. The number of methoxy groups -OCH3 is 2. The van der Waals surface area contributed by atoms with Gasteiger partial charge in [-0.2, -0.15) is 5.10 Å². The molecule has 2 aromatic heterocycles. The number of amides is 2. The molecular weight excluding hydrogens is 514 g/mol. The van der Waals surface area contributed by atoms with Gasteiger partial charge in [-0.25, -0.2) is 9.48 Å². The number of benzene rings is 3. The van der Waals surface area contributed by atoms with E-state index in [1.807, 2.05) is 46.0 Å². The van der Waals surface area contributed by atoms with E-state index in [-0.39, 0.29) is 12.1 Å². The number of hydrogen-bond acceptors (Lipinski definition) is 4. The van der Waals surface area contributed by atoms with Crippen LogP contribution in [0.1, 0.15) is 41.0 Å². The number of aromatic nitrogens is 3. The Morgan fingerprint density at radius 2 is 1.76 bits per heavy atom. The second-order valence-electron chi connectivity index (χ2n) is 10.1. The molecule has 8 heteroatoms. The molecule has 1 N–H and O–H groups in total. The van der Waals surface area contributed by atoms with Crippen LogP contribution < -0.4 is 14.8 Å². The molecule has 0 unspecified atom stereocenters. The van der Waals surface area contributed by atoms with Crippen molar-refractivity contribution < 1.29 is 14.3 Å². The number of para-hydroxylation sites is 1. The van der Waals surface area contributed by atoms with Gasteiger partial charge >= 0.3 is 6.03 Å². The van der Waals surface area contributed by atoms with Crippen molar-refractivity contribution in [2.45, 2.75) is 32.9 Å². The van der Waals surface area contributed by atoms with Gasteiger partial charge in [0.15, 0.2) is 11.5 Å². The number of nitrogens with one attached hydrogen (secondary N) is 1. The number of ether oxygens (including phenoxy) is 2. The number of anilines is 1. The van der Waals surface area contributed by atoms with Crippen molar-refractivity contribution in [1.82, 2.24) is 19.2 Å². The van der Waals surface area contributed by atoms with Crippen LogP contribution >= 0.6 is 0 Å². The van der Waals surface area contributed by atoms with Crippen LogP contribution in [-0.2, 0) is 13.0 Å². The minimum absolute atomic E-state index is 0.223. The molecule has 208 valence electrons. The van der Waals surface area contributed by atoms with Gasteiger partial charge in [0, 0.05) is 23.5 Å². The van der Waals surface area contributed by atoms with Crippen LogP contribution in [0.4, 0.5) is 10.5 Å². The molecule has 0 aliphatic carbocycles. The topological polar surface area (TPSA) is 73.6 Å². The predicted octanol–water partition coefficient (Wildman–Crippen LogP) is 6.69. The molecule has 2 amide bonds. The van der Waals surface area contributed by atoms with Gasteiger partial charge in [0.25, 0.3) is 0 Å². The van der Waals surface area contributed by atoms with Crippen LogP contribution in [0.5, 0.6) is 11.5 Å². The number of carbonyl (C=O) groups excluding carboxylic acids is 1. The minimum Gasteiger partial charge on any atom is -0.493 e. The summed E-state index contributed by atoms with van der Waals surface area (Å²) in [4.78, 5) is 16.2. The first-order chi connectivity index (χ1) is 20.0. The Hall–Kier alpha value is -4.98. The van der Waals surface area contributed by atoms with Crippen LogP contribution in [-0.4, -0.2) is 39.5 Å². The van der Waals surface area contributed by atoms with Gasteiger partial charge in [-0.3, -0.25) is 0 Å². The smallest absolute Gasteiger partial charge is 0.322 e. The van der Waals surface area contributed by atoms with E-state index in [2.05, 4.69) is 66.3 Å². The Morgan fingerprint density at radius 3 is 2.49 bits per heavy atom. The van der Waals surface area contributed by atoms with Crippen LogP contribution in [0.25, 0.3) is 11.5 Å². The summed E-state index contributed by atoms with van der Waals surface area (Å²) in [6.45, 7) is 4.56. The number of hydrogen-bond donors (Lipinski definition) is 1. The lowest BCUT2D eigenvalue weighted by atomic mass is 10.00. The molecule has 6 rings (SSSR count). The highest BCUT2D eigenvalue weighted by Gasteiger charge is 2.36. The van der Waals surface area contributed by atoms with Gasteiger partial charge in [-0.1, -0.05) is 55.0 Å². The lowest BCUT2D eigenvalue weighted by Gasteiger charge is -2.31. The zero-order valence-electron chi connectivity index (χ0n) is 23.7. The lowest BCUT2D eigenvalue weighted by Crippen LogP contribution is -2.38. The van der Waals surface area contributed by atoms with Crippen LogP contribution in [0.2, 0.25) is 0 Å². The van der Waals surface area contributed by atoms with E-state index < -0.39 is 0 Å². The molecule has 0 spiro atoms. The predicted molar refractivity (Wildman–Crippen MR) is 159 cm³/mol. The van der Waals surface area contributed by atoms with E-state index >= 15 is 0 Å². The second kappa shape index (κ2) is 10.9. The maximum atomic E-state index is 14.3. The Morgan fingerprint density at radius 1 is 0.951 bits per heavy atom. The molecule has 3 aromatic carbocycles. The van der Waals surface area contributed by atoms with E-state index in [0.29, 0.717) is 23.7 Å². The third-order valence-corrected chi connectivity index (χ3v) is 7.56. The van der Waals surface area contributed by atoms with Gasteiger partial charge in [-0.15, -0.1) is 0 Å². The molecule has 1 atom stereocenters. The summed E-state index contributed by atoms with van der Waals surface area (Å²) in [6.07, 6.45) is 2.80. The van der Waals surface area contributed by atoms with Gasteiger partial charge in [0.1, 0.15) is 5.82 Å². The fourth-order valence-corrected chi connectivity index (χ4v) is 5.65. The van der Waals surface area contributed by atoms with Crippen molar-refractivity contribution in [1.29, 1.82) is 0 Å². The van der Waals surface area contributed by atoms with E-state index in [4.69, 9.17) is 14.6 Å². The van der Waals surface area contributed by atoms with E-state index in [9.17, 15) is 4.79 Å². The Balaban J connectivity index is 1.52. The van der Waals surface area contributed by atoms with Gasteiger partial charge in [0.2, 0.25) is 0 Å². The summed E-state index contributed by atoms with van der Waals surface area (Å²) in [7, 11) is 3.17. The Bertz CT molecular complexity index is 1710. The highest BCUT2D eigenvalue weighted by Crippen LogP contribution is 2.39. The van der Waals surface area contributed by atoms with Crippen LogP contribution in [0.3, 0.4) is 0 Å². The van der Waals surface area contributed by atoms with Crippen molar-refractivity contribution in [3.8, 4) is 23.0 Å². The van der Waals surface area contributed by atoms with Crippen molar-refractivity contribution in [3.63, 3.8) is 0 Å². The zero-order valence-corrected chi connectivity index (χ0v) is 23.7. The van der Waals surface area contributed by atoms with Crippen LogP contribution in [0.15, 0.2) is 91.1 Å². The molecule has 0 radical (unpaired) electrons. The average Bonchev–Trinajstić information content (AvgIpc) is 3.58. The molecule has 1 aliphatic heterocycles. The monoisotopic (exact) mass is 547 g/mol. The van der Waals surface area contributed by atoms with Crippen molar-refractivity contribution in [2.75, 3.05) is 19.5 Å². The molecule has 0 bridgehead atoms. The normalized spacial score (nSPS) is 14.1. The number of rotatable bonds is 6. The standard InChI is InChI=1S/C33H33N5O3/c1-5-27-26-21-37(33(39)34-24-16-17-29(40-3)30(20-24)41-4)31(23-12-9-11-22(2)19-23)28-15-10-18-36(28)32(26)38(35-27)25-13-7-6-8-14-25/h6-20,31H,5,21H2,1-4H3,(H,34,39)/t31-/m1/s1. The molecule has 8 nitrogen and oxygen atoms in total. The summed E-state index contributed by atoms with van der Waals surface area (Å²) in [5, 5.41) is 8.16. The van der Waals surface area contributed by atoms with Crippen molar-refractivity contribution >= 4 is 11.7 Å².